The number of hydrogen-bond acceptors (Lipinski definition) is 3. The van der Waals surface area contributed by atoms with E-state index in [0.717, 1.165) is 36.5 Å². The fraction of sp³-hybridized carbons (Fsp3) is 0.600. The smallest absolute Gasteiger partial charge is 0.0772 e. The van der Waals surface area contributed by atoms with Gasteiger partial charge in [0.05, 0.1) is 6.10 Å². The van der Waals surface area contributed by atoms with E-state index in [-0.39, 0.29) is 0 Å². The number of nitrogens with zero attached hydrogens (tertiary/aromatic N) is 1. The van der Waals surface area contributed by atoms with Crippen molar-refractivity contribution in [1.82, 2.24) is 0 Å². The quantitative estimate of drug-likeness (QED) is 0.923. The summed E-state index contributed by atoms with van der Waals surface area (Å²) in [6, 6.07) is 6.28. The molecule has 2 rings (SSSR count). The number of nitrogens with two attached hydrogens (primary N) is 1. The highest BCUT2D eigenvalue weighted by Gasteiger charge is 2.26. The minimum Gasteiger partial charge on any atom is -0.379 e. The molecule has 0 saturated carbocycles. The van der Waals surface area contributed by atoms with Gasteiger partial charge in [0.2, 0.25) is 0 Å². The summed E-state index contributed by atoms with van der Waals surface area (Å²) in [5.41, 5.74) is 7.88. The van der Waals surface area contributed by atoms with Crippen molar-refractivity contribution >= 4 is 17.3 Å². The number of ether oxygens (including phenoxy) is 1. The fourth-order valence-corrected chi connectivity index (χ4v) is 2.94. The van der Waals surface area contributed by atoms with Crippen LogP contribution in [0.2, 0.25) is 5.02 Å². The van der Waals surface area contributed by atoms with Gasteiger partial charge in [0.15, 0.2) is 0 Å². The van der Waals surface area contributed by atoms with Crippen LogP contribution in [0, 0.1) is 5.92 Å². The number of benzene rings is 1. The van der Waals surface area contributed by atoms with Crippen LogP contribution in [0.25, 0.3) is 0 Å². The van der Waals surface area contributed by atoms with Crippen LogP contribution >= 0.6 is 11.6 Å². The second-order valence-corrected chi connectivity index (χ2v) is 5.71. The Morgan fingerprint density at radius 1 is 1.47 bits per heavy atom. The molecule has 0 amide bonds. The first-order valence-electron chi connectivity index (χ1n) is 6.92. The Bertz CT molecular complexity index is 425. The van der Waals surface area contributed by atoms with E-state index in [0.29, 0.717) is 18.6 Å². The van der Waals surface area contributed by atoms with Gasteiger partial charge in [-0.1, -0.05) is 24.6 Å². The summed E-state index contributed by atoms with van der Waals surface area (Å²) < 4.78 is 5.56. The first-order chi connectivity index (χ1) is 9.15. The molecule has 3 nitrogen and oxygen atoms in total. The molecule has 19 heavy (non-hydrogen) atoms. The summed E-state index contributed by atoms with van der Waals surface area (Å²) in [6.45, 7) is 4.88. The Labute approximate surface area is 120 Å². The molecule has 0 radical (unpaired) electrons. The lowest BCUT2D eigenvalue weighted by Gasteiger charge is -2.37. The minimum atomic E-state index is 0.302. The van der Waals surface area contributed by atoms with Gasteiger partial charge in [-0.15, -0.1) is 0 Å². The summed E-state index contributed by atoms with van der Waals surface area (Å²) in [4.78, 5) is 2.35. The maximum atomic E-state index is 6.31. The van der Waals surface area contributed by atoms with Crippen LogP contribution in [-0.4, -0.2) is 32.8 Å². The predicted octanol–water partition coefficient (Wildman–Crippen LogP) is 2.70. The number of piperidine rings is 1. The van der Waals surface area contributed by atoms with E-state index in [1.807, 2.05) is 0 Å². The topological polar surface area (TPSA) is 38.5 Å². The molecule has 1 aromatic rings. The van der Waals surface area contributed by atoms with Gasteiger partial charge in [-0.25, -0.2) is 0 Å². The van der Waals surface area contributed by atoms with E-state index < -0.39 is 0 Å². The van der Waals surface area contributed by atoms with Crippen molar-refractivity contribution in [3.8, 4) is 0 Å². The van der Waals surface area contributed by atoms with Crippen molar-refractivity contribution in [1.29, 1.82) is 0 Å². The van der Waals surface area contributed by atoms with Crippen LogP contribution < -0.4 is 10.6 Å². The lowest BCUT2D eigenvalue weighted by atomic mass is 9.95. The van der Waals surface area contributed by atoms with Crippen LogP contribution in [0.1, 0.15) is 18.9 Å². The van der Waals surface area contributed by atoms with Crippen molar-refractivity contribution in [2.24, 2.45) is 11.7 Å². The molecule has 0 aromatic heterocycles. The van der Waals surface area contributed by atoms with E-state index in [9.17, 15) is 0 Å². The van der Waals surface area contributed by atoms with E-state index in [1.165, 1.54) is 5.69 Å². The summed E-state index contributed by atoms with van der Waals surface area (Å²) in [6.07, 6.45) is 2.29. The van der Waals surface area contributed by atoms with E-state index in [1.54, 1.807) is 7.11 Å². The lowest BCUT2D eigenvalue weighted by Crippen LogP contribution is -2.43. The third-order valence-corrected chi connectivity index (χ3v) is 4.36. The maximum absolute atomic E-state index is 6.31. The molecule has 0 aliphatic carbocycles. The number of methoxy groups -OCH3 is 1. The number of halogens is 1. The molecule has 4 heteroatoms. The molecule has 1 saturated heterocycles. The Kier molecular flexibility index (Phi) is 5.08. The van der Waals surface area contributed by atoms with Crippen molar-refractivity contribution in [3.05, 3.63) is 28.8 Å². The lowest BCUT2D eigenvalue weighted by molar-refractivity contribution is 0.0498. The first kappa shape index (κ1) is 14.6. The van der Waals surface area contributed by atoms with Crippen LogP contribution in [0.5, 0.6) is 0 Å². The van der Waals surface area contributed by atoms with Crippen LogP contribution in [0.3, 0.4) is 0 Å². The number of anilines is 1. The monoisotopic (exact) mass is 282 g/mol. The van der Waals surface area contributed by atoms with Crippen molar-refractivity contribution < 1.29 is 4.74 Å². The second-order valence-electron chi connectivity index (χ2n) is 5.30. The van der Waals surface area contributed by atoms with Crippen LogP contribution in [0.15, 0.2) is 18.2 Å². The molecule has 2 atom stereocenters. The average molecular weight is 283 g/mol. The first-order valence-corrected chi connectivity index (χ1v) is 7.29. The van der Waals surface area contributed by atoms with Crippen LogP contribution in [0.4, 0.5) is 5.69 Å². The zero-order valence-electron chi connectivity index (χ0n) is 11.7. The second kappa shape index (κ2) is 6.60. The highest BCUT2D eigenvalue weighted by Crippen LogP contribution is 2.28. The number of hydrogen-bond donors (Lipinski definition) is 1. The third kappa shape index (κ3) is 3.41. The highest BCUT2D eigenvalue weighted by atomic mass is 35.5. The molecule has 1 aliphatic heterocycles. The summed E-state index contributed by atoms with van der Waals surface area (Å²) in [5.74, 6) is 0.619. The molecular weight excluding hydrogens is 260 g/mol. The molecular formula is C15H23ClN2O. The molecule has 1 heterocycles. The van der Waals surface area contributed by atoms with Gasteiger partial charge in [0.1, 0.15) is 0 Å². The predicted molar refractivity (Wildman–Crippen MR) is 81.0 cm³/mol. The molecule has 0 spiro atoms. The average Bonchev–Trinajstić information content (AvgIpc) is 2.42. The molecule has 1 aromatic carbocycles. The highest BCUT2D eigenvalue weighted by molar-refractivity contribution is 6.31. The molecule has 2 unspecified atom stereocenters. The van der Waals surface area contributed by atoms with Crippen molar-refractivity contribution in [2.75, 3.05) is 31.6 Å². The van der Waals surface area contributed by atoms with Crippen molar-refractivity contribution in [2.45, 2.75) is 25.9 Å². The Balaban J connectivity index is 2.11. The minimum absolute atomic E-state index is 0.302. The Hall–Kier alpha value is -0.770. The summed E-state index contributed by atoms with van der Waals surface area (Å²) in [5, 5.41) is 0.815. The van der Waals surface area contributed by atoms with Gasteiger partial charge in [0.25, 0.3) is 0 Å². The standard InChI is InChI=1S/C15H23ClN2O/c1-11-6-8-18(10-15(11)19-2)13-4-3-12(5-7-17)14(16)9-13/h3-4,9,11,15H,5-8,10,17H2,1-2H3. The Morgan fingerprint density at radius 2 is 2.26 bits per heavy atom. The van der Waals surface area contributed by atoms with Gasteiger partial charge in [-0.05, 0) is 43.0 Å². The molecule has 1 aliphatic rings. The number of rotatable bonds is 4. The molecule has 2 N–H and O–H groups in total. The SMILES string of the molecule is COC1CN(c2ccc(CCN)c(Cl)c2)CCC1C. The zero-order valence-corrected chi connectivity index (χ0v) is 12.5. The molecule has 106 valence electrons. The third-order valence-electron chi connectivity index (χ3n) is 4.01. The zero-order chi connectivity index (χ0) is 13.8. The summed E-state index contributed by atoms with van der Waals surface area (Å²) in [7, 11) is 1.79. The van der Waals surface area contributed by atoms with Crippen molar-refractivity contribution in [3.63, 3.8) is 0 Å². The fourth-order valence-electron chi connectivity index (χ4n) is 2.67. The van der Waals surface area contributed by atoms with E-state index >= 15 is 0 Å². The maximum Gasteiger partial charge on any atom is 0.0772 e. The van der Waals surface area contributed by atoms with Gasteiger partial charge in [-0.2, -0.15) is 0 Å². The molecule has 1 fully saturated rings. The van der Waals surface area contributed by atoms with Gasteiger partial charge in [0, 0.05) is 30.9 Å². The Morgan fingerprint density at radius 3 is 2.89 bits per heavy atom. The van der Waals surface area contributed by atoms with Gasteiger partial charge >= 0.3 is 0 Å². The summed E-state index contributed by atoms with van der Waals surface area (Å²) >= 11 is 6.31. The van der Waals surface area contributed by atoms with Gasteiger partial charge < -0.3 is 15.4 Å². The largest absolute Gasteiger partial charge is 0.379 e. The van der Waals surface area contributed by atoms with E-state index in [2.05, 4.69) is 30.0 Å². The normalized spacial score (nSPS) is 23.7. The van der Waals surface area contributed by atoms with Crippen LogP contribution in [-0.2, 0) is 11.2 Å². The van der Waals surface area contributed by atoms with E-state index in [4.69, 9.17) is 22.1 Å². The molecule has 0 bridgehead atoms. The van der Waals surface area contributed by atoms with Gasteiger partial charge in [-0.3, -0.25) is 0 Å².